The quantitative estimate of drug-likeness (QED) is 0.161. The molecule has 1 unspecified atom stereocenters. The first-order chi connectivity index (χ1) is 15.0. The van der Waals surface area contributed by atoms with Gasteiger partial charge in [-0.3, -0.25) is 4.79 Å². The van der Waals surface area contributed by atoms with Crippen LogP contribution < -0.4 is 5.32 Å². The largest absolute Gasteiger partial charge is 0.508 e. The third-order valence-corrected chi connectivity index (χ3v) is 5.86. The minimum Gasteiger partial charge on any atom is -0.508 e. The highest BCUT2D eigenvalue weighted by Gasteiger charge is 2.39. The van der Waals surface area contributed by atoms with Crippen LogP contribution in [0.2, 0.25) is 0 Å². The lowest BCUT2D eigenvalue weighted by atomic mass is 9.75. The molecular weight excluding hydrogens is 416 g/mol. The summed E-state index contributed by atoms with van der Waals surface area (Å²) in [5.41, 5.74) is 2.31. The van der Waals surface area contributed by atoms with Crippen LogP contribution in [0.5, 0.6) is 11.5 Å². The van der Waals surface area contributed by atoms with Crippen molar-refractivity contribution in [2.75, 3.05) is 19.8 Å². The Labute approximate surface area is 188 Å². The third kappa shape index (κ3) is 5.91. The molecular formula is C23H34N2O7. The van der Waals surface area contributed by atoms with Crippen LogP contribution in [-0.4, -0.2) is 41.0 Å². The van der Waals surface area contributed by atoms with E-state index in [0.29, 0.717) is 24.0 Å². The van der Waals surface area contributed by atoms with Crippen LogP contribution in [0.25, 0.3) is 0 Å². The highest BCUT2D eigenvalue weighted by atomic mass is 16.9. The number of rotatable bonds is 10. The van der Waals surface area contributed by atoms with E-state index >= 15 is 0 Å². The maximum atomic E-state index is 13.0. The average Bonchev–Trinajstić information content (AvgIpc) is 2.69. The van der Waals surface area contributed by atoms with E-state index in [1.54, 1.807) is 13.8 Å². The van der Waals surface area contributed by atoms with Gasteiger partial charge in [0.2, 0.25) is 0 Å². The molecule has 0 fully saturated rings. The summed E-state index contributed by atoms with van der Waals surface area (Å²) < 4.78 is 5.43. The van der Waals surface area contributed by atoms with Gasteiger partial charge in [-0.15, -0.1) is 10.1 Å². The molecule has 1 aromatic rings. The van der Waals surface area contributed by atoms with Gasteiger partial charge in [-0.05, 0) is 69.7 Å². The number of esters is 1. The number of hydrogen-bond acceptors (Lipinski definition) is 8. The summed E-state index contributed by atoms with van der Waals surface area (Å²) in [5, 5.41) is 33.8. The molecule has 3 N–H and O–H groups in total. The molecule has 1 aromatic carbocycles. The standard InChI is InChI=1S/C23H34N2O7/c1-14(2)19-15(3)8-9-24-21(19)20-17(12-16(26)13-18(20)27)23(4,5)22(28)31-10-6-7-11-32-25(29)30/h12-14,21,24,26-27H,6-11H2,1-5H3. The number of nitrogens with one attached hydrogen (secondary N) is 1. The summed E-state index contributed by atoms with van der Waals surface area (Å²) in [5.74, 6) is -0.503. The second-order valence-corrected chi connectivity index (χ2v) is 8.98. The lowest BCUT2D eigenvalue weighted by Gasteiger charge is -2.36. The second-order valence-electron chi connectivity index (χ2n) is 8.98. The summed E-state index contributed by atoms with van der Waals surface area (Å²) in [6.07, 6.45) is 1.70. The first-order valence-electron chi connectivity index (χ1n) is 10.9. The molecule has 9 heteroatoms. The van der Waals surface area contributed by atoms with Crippen LogP contribution in [0.15, 0.2) is 23.3 Å². The fraction of sp³-hybridized carbons (Fsp3) is 0.609. The number of carbonyl (C=O) groups excluding carboxylic acids is 1. The Morgan fingerprint density at radius 3 is 2.56 bits per heavy atom. The number of ether oxygens (including phenoxy) is 1. The van der Waals surface area contributed by atoms with Crippen molar-refractivity contribution in [2.24, 2.45) is 5.92 Å². The van der Waals surface area contributed by atoms with Gasteiger partial charge in [0, 0.05) is 11.6 Å². The first-order valence-corrected chi connectivity index (χ1v) is 10.9. The van der Waals surface area contributed by atoms with E-state index in [4.69, 9.17) is 4.74 Å². The van der Waals surface area contributed by atoms with Crippen molar-refractivity contribution in [3.63, 3.8) is 0 Å². The van der Waals surface area contributed by atoms with Crippen LogP contribution in [0.4, 0.5) is 0 Å². The molecule has 2 rings (SSSR count). The van der Waals surface area contributed by atoms with E-state index in [2.05, 4.69) is 30.9 Å². The van der Waals surface area contributed by atoms with Gasteiger partial charge in [0.05, 0.1) is 24.7 Å². The Balaban J connectivity index is 2.31. The molecule has 1 aliphatic heterocycles. The number of phenols is 2. The monoisotopic (exact) mass is 450 g/mol. The predicted octanol–water partition coefficient (Wildman–Crippen LogP) is 3.91. The SMILES string of the molecule is CC1=C(C(C)C)C(c2c(O)cc(O)cc2C(C)(C)C(=O)OCCCCO[N+](=O)[O-])NCC1. The fourth-order valence-corrected chi connectivity index (χ4v) is 4.23. The number of aromatic hydroxyl groups is 2. The van der Waals surface area contributed by atoms with Crippen LogP contribution >= 0.6 is 0 Å². The van der Waals surface area contributed by atoms with Gasteiger partial charge in [0.15, 0.2) is 0 Å². The molecule has 9 nitrogen and oxygen atoms in total. The van der Waals surface area contributed by atoms with E-state index in [-0.39, 0.29) is 36.7 Å². The molecule has 0 bridgehead atoms. The molecule has 0 radical (unpaired) electrons. The van der Waals surface area contributed by atoms with Gasteiger partial charge in [-0.1, -0.05) is 19.4 Å². The van der Waals surface area contributed by atoms with Crippen molar-refractivity contribution in [1.29, 1.82) is 0 Å². The van der Waals surface area contributed by atoms with E-state index in [0.717, 1.165) is 18.5 Å². The fourth-order valence-electron chi connectivity index (χ4n) is 4.23. The molecule has 0 aromatic heterocycles. The zero-order valence-corrected chi connectivity index (χ0v) is 19.4. The molecule has 0 saturated carbocycles. The van der Waals surface area contributed by atoms with Crippen LogP contribution in [0, 0.1) is 16.0 Å². The van der Waals surface area contributed by atoms with Crippen molar-refractivity contribution in [2.45, 2.75) is 65.3 Å². The number of carbonyl (C=O) groups is 1. The molecule has 1 aliphatic rings. The lowest BCUT2D eigenvalue weighted by molar-refractivity contribution is -0.757. The highest BCUT2D eigenvalue weighted by molar-refractivity contribution is 5.83. The minimum atomic E-state index is -1.15. The molecule has 1 atom stereocenters. The predicted molar refractivity (Wildman–Crippen MR) is 119 cm³/mol. The van der Waals surface area contributed by atoms with Crippen molar-refractivity contribution < 1.29 is 29.7 Å². The van der Waals surface area contributed by atoms with Crippen molar-refractivity contribution >= 4 is 5.97 Å². The number of unbranched alkanes of at least 4 members (excludes halogenated alkanes) is 1. The van der Waals surface area contributed by atoms with Crippen LogP contribution in [0.1, 0.15) is 71.0 Å². The van der Waals surface area contributed by atoms with Gasteiger partial charge >= 0.3 is 5.97 Å². The number of hydrogen-bond donors (Lipinski definition) is 3. The molecule has 1 heterocycles. The molecule has 0 amide bonds. The van der Waals surface area contributed by atoms with Crippen molar-refractivity contribution in [3.05, 3.63) is 44.5 Å². The van der Waals surface area contributed by atoms with Crippen molar-refractivity contribution in [1.82, 2.24) is 5.32 Å². The van der Waals surface area contributed by atoms with Gasteiger partial charge in [-0.25, -0.2) is 0 Å². The van der Waals surface area contributed by atoms with E-state index < -0.39 is 16.5 Å². The Morgan fingerprint density at radius 1 is 1.28 bits per heavy atom. The summed E-state index contributed by atoms with van der Waals surface area (Å²) in [7, 11) is 0. The van der Waals surface area contributed by atoms with Gasteiger partial charge < -0.3 is 25.1 Å². The van der Waals surface area contributed by atoms with Gasteiger partial charge in [-0.2, -0.15) is 0 Å². The molecule has 0 saturated heterocycles. The zero-order valence-electron chi connectivity index (χ0n) is 19.4. The normalized spacial score (nSPS) is 16.9. The Morgan fingerprint density at radius 2 is 1.94 bits per heavy atom. The molecule has 0 aliphatic carbocycles. The highest BCUT2D eigenvalue weighted by Crippen LogP contribution is 2.44. The maximum Gasteiger partial charge on any atom is 0.315 e. The van der Waals surface area contributed by atoms with E-state index in [9.17, 15) is 25.1 Å². The molecule has 0 spiro atoms. The first kappa shape index (κ1) is 25.5. The van der Waals surface area contributed by atoms with E-state index in [1.807, 2.05) is 0 Å². The van der Waals surface area contributed by atoms with Gasteiger partial charge in [0.25, 0.3) is 5.09 Å². The zero-order chi connectivity index (χ0) is 24.1. The van der Waals surface area contributed by atoms with Crippen LogP contribution in [-0.2, 0) is 19.8 Å². The third-order valence-electron chi connectivity index (χ3n) is 5.86. The molecule has 32 heavy (non-hydrogen) atoms. The van der Waals surface area contributed by atoms with Gasteiger partial charge in [0.1, 0.15) is 11.5 Å². The van der Waals surface area contributed by atoms with E-state index in [1.165, 1.54) is 17.7 Å². The lowest BCUT2D eigenvalue weighted by Crippen LogP contribution is -2.37. The Kier molecular flexibility index (Phi) is 8.49. The summed E-state index contributed by atoms with van der Waals surface area (Å²) >= 11 is 0. The number of phenolic OH excluding ortho intramolecular Hbond substituents is 2. The topological polar surface area (TPSA) is 131 Å². The molecule has 178 valence electrons. The summed E-state index contributed by atoms with van der Waals surface area (Å²) in [6, 6.07) is 2.51. The van der Waals surface area contributed by atoms with Crippen molar-refractivity contribution in [3.8, 4) is 11.5 Å². The number of benzene rings is 1. The summed E-state index contributed by atoms with van der Waals surface area (Å²) in [6.45, 7) is 10.4. The minimum absolute atomic E-state index is 0.0600. The average molecular weight is 451 g/mol. The second kappa shape index (κ2) is 10.7. The Hall–Kier alpha value is -2.81. The smallest absolute Gasteiger partial charge is 0.315 e. The Bertz CT molecular complexity index is 877. The number of nitrogens with zero attached hydrogens (tertiary/aromatic N) is 1. The summed E-state index contributed by atoms with van der Waals surface area (Å²) in [4.78, 5) is 27.4. The van der Waals surface area contributed by atoms with Crippen LogP contribution in [0.3, 0.4) is 0 Å². The maximum absolute atomic E-state index is 13.0.